The predicted molar refractivity (Wildman–Crippen MR) is 88.6 cm³/mol. The van der Waals surface area contributed by atoms with Crippen LogP contribution in [0.5, 0.6) is 0 Å². The van der Waals surface area contributed by atoms with Gasteiger partial charge in [0, 0.05) is 12.6 Å². The van der Waals surface area contributed by atoms with E-state index in [1.807, 2.05) is 18.2 Å². The summed E-state index contributed by atoms with van der Waals surface area (Å²) in [6, 6.07) is 11.7. The summed E-state index contributed by atoms with van der Waals surface area (Å²) in [6.45, 7) is 4.37. The molecule has 0 aliphatic rings. The standard InChI is InChI=1S/C18H22N2O4/c1-3-23-17(21)9-10-19-18(22)16-12-15(20-24-16)11-13(2)14-7-5-4-6-8-14/h4-8,12-13H,3,9-11H2,1-2H3,(H,19,22). The van der Waals surface area contributed by atoms with E-state index in [2.05, 4.69) is 29.5 Å². The fourth-order valence-corrected chi connectivity index (χ4v) is 2.33. The average molecular weight is 330 g/mol. The smallest absolute Gasteiger partial charge is 0.307 e. The molecule has 0 radical (unpaired) electrons. The molecule has 24 heavy (non-hydrogen) atoms. The van der Waals surface area contributed by atoms with Crippen LogP contribution in [0.1, 0.15) is 48.0 Å². The van der Waals surface area contributed by atoms with Gasteiger partial charge in [-0.15, -0.1) is 0 Å². The highest BCUT2D eigenvalue weighted by Crippen LogP contribution is 2.19. The minimum Gasteiger partial charge on any atom is -0.466 e. The number of carbonyl (C=O) groups excluding carboxylic acids is 2. The molecule has 1 unspecified atom stereocenters. The minimum absolute atomic E-state index is 0.131. The number of nitrogens with zero attached hydrogens (tertiary/aromatic N) is 1. The van der Waals surface area contributed by atoms with Crippen molar-refractivity contribution in [3.05, 3.63) is 53.4 Å². The van der Waals surface area contributed by atoms with Crippen molar-refractivity contribution < 1.29 is 18.8 Å². The predicted octanol–water partition coefficient (Wildman–Crippen LogP) is 2.70. The largest absolute Gasteiger partial charge is 0.466 e. The Kier molecular flexibility index (Phi) is 6.54. The van der Waals surface area contributed by atoms with Crippen molar-refractivity contribution in [2.24, 2.45) is 0 Å². The molecule has 0 aliphatic carbocycles. The number of ether oxygens (including phenoxy) is 1. The van der Waals surface area contributed by atoms with Gasteiger partial charge in [-0.3, -0.25) is 9.59 Å². The first-order chi connectivity index (χ1) is 11.6. The van der Waals surface area contributed by atoms with Gasteiger partial charge in [-0.25, -0.2) is 0 Å². The van der Waals surface area contributed by atoms with E-state index in [1.54, 1.807) is 13.0 Å². The zero-order valence-corrected chi connectivity index (χ0v) is 14.0. The molecule has 0 fully saturated rings. The molecular weight excluding hydrogens is 308 g/mol. The third-order valence-electron chi connectivity index (χ3n) is 3.59. The van der Waals surface area contributed by atoms with E-state index in [4.69, 9.17) is 9.26 Å². The number of rotatable bonds is 8. The zero-order valence-electron chi connectivity index (χ0n) is 14.0. The van der Waals surface area contributed by atoms with E-state index in [1.165, 1.54) is 5.56 Å². The summed E-state index contributed by atoms with van der Waals surface area (Å²) < 4.78 is 9.88. The lowest BCUT2D eigenvalue weighted by atomic mass is 9.96. The molecule has 0 saturated carbocycles. The van der Waals surface area contributed by atoms with Crippen molar-refractivity contribution in [3.63, 3.8) is 0 Å². The van der Waals surface area contributed by atoms with Crippen molar-refractivity contribution >= 4 is 11.9 Å². The number of benzene rings is 1. The maximum Gasteiger partial charge on any atom is 0.307 e. The van der Waals surface area contributed by atoms with Crippen molar-refractivity contribution in [2.75, 3.05) is 13.2 Å². The van der Waals surface area contributed by atoms with Gasteiger partial charge in [0.05, 0.1) is 18.7 Å². The summed E-state index contributed by atoms with van der Waals surface area (Å²) >= 11 is 0. The molecule has 6 heteroatoms. The third kappa shape index (κ3) is 5.22. The molecule has 1 aromatic heterocycles. The van der Waals surface area contributed by atoms with Crippen LogP contribution in [0.2, 0.25) is 0 Å². The summed E-state index contributed by atoms with van der Waals surface area (Å²) in [4.78, 5) is 23.2. The second-order valence-corrected chi connectivity index (χ2v) is 5.51. The van der Waals surface area contributed by atoms with Crippen LogP contribution < -0.4 is 5.32 Å². The third-order valence-corrected chi connectivity index (χ3v) is 3.59. The van der Waals surface area contributed by atoms with Crippen LogP contribution in [0.15, 0.2) is 40.9 Å². The van der Waals surface area contributed by atoms with Crippen LogP contribution in [-0.2, 0) is 16.0 Å². The summed E-state index contributed by atoms with van der Waals surface area (Å²) in [6.07, 6.45) is 0.815. The molecule has 1 heterocycles. The van der Waals surface area contributed by atoms with Gasteiger partial charge in [0.1, 0.15) is 0 Å². The highest BCUT2D eigenvalue weighted by molar-refractivity contribution is 5.91. The van der Waals surface area contributed by atoms with Crippen LogP contribution in [-0.4, -0.2) is 30.2 Å². The topological polar surface area (TPSA) is 81.4 Å². The van der Waals surface area contributed by atoms with Crippen molar-refractivity contribution in [2.45, 2.75) is 32.6 Å². The molecule has 1 N–H and O–H groups in total. The van der Waals surface area contributed by atoms with Gasteiger partial charge in [0.2, 0.25) is 5.76 Å². The summed E-state index contributed by atoms with van der Waals surface area (Å²) in [5.74, 6) is -0.302. The molecule has 0 aliphatic heterocycles. The molecular formula is C18H22N2O4. The maximum atomic E-state index is 12.0. The number of nitrogens with one attached hydrogen (secondary N) is 1. The van der Waals surface area contributed by atoms with E-state index in [9.17, 15) is 9.59 Å². The second kappa shape index (κ2) is 8.86. The van der Waals surface area contributed by atoms with Gasteiger partial charge in [-0.05, 0) is 24.8 Å². The number of aromatic nitrogens is 1. The fourth-order valence-electron chi connectivity index (χ4n) is 2.33. The van der Waals surface area contributed by atoms with Crippen LogP contribution in [0.4, 0.5) is 0 Å². The molecule has 0 bridgehead atoms. The Morgan fingerprint density at radius 1 is 1.29 bits per heavy atom. The molecule has 0 spiro atoms. The van der Waals surface area contributed by atoms with Crippen molar-refractivity contribution in [1.82, 2.24) is 10.5 Å². The van der Waals surface area contributed by atoms with Gasteiger partial charge in [0.25, 0.3) is 5.91 Å². The Morgan fingerprint density at radius 2 is 2.04 bits per heavy atom. The van der Waals surface area contributed by atoms with Gasteiger partial charge >= 0.3 is 5.97 Å². The first-order valence-corrected chi connectivity index (χ1v) is 8.04. The molecule has 2 aromatic rings. The van der Waals surface area contributed by atoms with E-state index in [0.717, 1.165) is 5.69 Å². The Bertz CT molecular complexity index is 667. The highest BCUT2D eigenvalue weighted by Gasteiger charge is 2.15. The summed E-state index contributed by atoms with van der Waals surface area (Å²) in [5.41, 5.74) is 1.93. The minimum atomic E-state index is -0.384. The number of amides is 1. The lowest BCUT2D eigenvalue weighted by Gasteiger charge is -2.08. The number of carbonyl (C=O) groups is 2. The van der Waals surface area contributed by atoms with E-state index < -0.39 is 0 Å². The normalized spacial score (nSPS) is 11.8. The number of hydrogen-bond donors (Lipinski definition) is 1. The summed E-state index contributed by atoms with van der Waals surface area (Å²) in [5, 5.41) is 6.56. The number of esters is 1. The van der Waals surface area contributed by atoms with Crippen LogP contribution in [0, 0.1) is 0 Å². The fraction of sp³-hybridized carbons (Fsp3) is 0.389. The van der Waals surface area contributed by atoms with Gasteiger partial charge < -0.3 is 14.6 Å². The molecule has 1 aromatic carbocycles. The molecule has 1 atom stereocenters. The monoisotopic (exact) mass is 330 g/mol. The molecule has 2 rings (SSSR count). The van der Waals surface area contributed by atoms with Crippen molar-refractivity contribution in [1.29, 1.82) is 0 Å². The van der Waals surface area contributed by atoms with Crippen molar-refractivity contribution in [3.8, 4) is 0 Å². The molecule has 128 valence electrons. The first kappa shape index (κ1) is 17.7. The first-order valence-electron chi connectivity index (χ1n) is 8.04. The Labute approximate surface area is 141 Å². The van der Waals surface area contributed by atoms with Crippen LogP contribution >= 0.6 is 0 Å². The highest BCUT2D eigenvalue weighted by atomic mass is 16.5. The lowest BCUT2D eigenvalue weighted by molar-refractivity contribution is -0.142. The van der Waals surface area contributed by atoms with E-state index in [0.29, 0.717) is 13.0 Å². The Morgan fingerprint density at radius 3 is 2.75 bits per heavy atom. The lowest BCUT2D eigenvalue weighted by Crippen LogP contribution is -2.26. The molecule has 6 nitrogen and oxygen atoms in total. The van der Waals surface area contributed by atoms with Gasteiger partial charge in [-0.1, -0.05) is 42.4 Å². The quantitative estimate of drug-likeness (QED) is 0.753. The average Bonchev–Trinajstić information content (AvgIpc) is 3.04. The number of hydrogen-bond acceptors (Lipinski definition) is 5. The Balaban J connectivity index is 1.84. The summed E-state index contributed by atoms with van der Waals surface area (Å²) in [7, 11) is 0. The van der Waals surface area contributed by atoms with Gasteiger partial charge in [-0.2, -0.15) is 0 Å². The van der Waals surface area contributed by atoms with Gasteiger partial charge in [0.15, 0.2) is 0 Å². The van der Waals surface area contributed by atoms with Crippen LogP contribution in [0.3, 0.4) is 0 Å². The zero-order chi connectivity index (χ0) is 17.4. The van der Waals surface area contributed by atoms with Crippen LogP contribution in [0.25, 0.3) is 0 Å². The second-order valence-electron chi connectivity index (χ2n) is 5.51. The SMILES string of the molecule is CCOC(=O)CCNC(=O)c1cc(CC(C)c2ccccc2)no1. The van der Waals surface area contributed by atoms with E-state index >= 15 is 0 Å². The maximum absolute atomic E-state index is 12.0. The Hall–Kier alpha value is -2.63. The molecule has 0 saturated heterocycles. The van der Waals surface area contributed by atoms with E-state index in [-0.39, 0.29) is 36.5 Å². The molecule has 1 amide bonds.